The third kappa shape index (κ3) is 4.18. The Kier molecular flexibility index (Phi) is 6.02. The number of thiazole rings is 1. The van der Waals surface area contributed by atoms with Crippen LogP contribution in [0.15, 0.2) is 0 Å². The molecule has 0 saturated carbocycles. The lowest BCUT2D eigenvalue weighted by atomic mass is 10.0. The van der Waals surface area contributed by atoms with Gasteiger partial charge in [0.25, 0.3) is 0 Å². The third-order valence-corrected chi connectivity index (χ3v) is 5.40. The number of nitrogens with one attached hydrogen (secondary N) is 1. The zero-order chi connectivity index (χ0) is 15.4. The van der Waals surface area contributed by atoms with Crippen LogP contribution < -0.4 is 10.2 Å². The SMILES string of the molecule is CCNCc1sc(N2CCC(N(C)C)CC2)nc1C(C)C. The van der Waals surface area contributed by atoms with Gasteiger partial charge in [-0.15, -0.1) is 11.3 Å². The van der Waals surface area contributed by atoms with E-state index in [1.807, 2.05) is 11.3 Å². The Bertz CT molecular complexity index is 433. The highest BCUT2D eigenvalue weighted by atomic mass is 32.1. The molecule has 1 aliphatic rings. The highest BCUT2D eigenvalue weighted by molar-refractivity contribution is 7.15. The van der Waals surface area contributed by atoms with Crippen molar-refractivity contribution in [3.63, 3.8) is 0 Å². The monoisotopic (exact) mass is 310 g/mol. The van der Waals surface area contributed by atoms with E-state index in [2.05, 4.69) is 50.0 Å². The van der Waals surface area contributed by atoms with E-state index in [4.69, 9.17) is 4.98 Å². The molecule has 1 aromatic heterocycles. The van der Waals surface area contributed by atoms with Crippen molar-refractivity contribution in [1.29, 1.82) is 0 Å². The highest BCUT2D eigenvalue weighted by Crippen LogP contribution is 2.32. The highest BCUT2D eigenvalue weighted by Gasteiger charge is 2.24. The van der Waals surface area contributed by atoms with Gasteiger partial charge in [-0.25, -0.2) is 4.98 Å². The van der Waals surface area contributed by atoms with E-state index in [0.717, 1.165) is 32.2 Å². The molecule has 21 heavy (non-hydrogen) atoms. The van der Waals surface area contributed by atoms with Crippen LogP contribution in [0, 0.1) is 0 Å². The molecule has 0 bridgehead atoms. The van der Waals surface area contributed by atoms with E-state index < -0.39 is 0 Å². The van der Waals surface area contributed by atoms with E-state index >= 15 is 0 Å². The van der Waals surface area contributed by atoms with E-state index in [9.17, 15) is 0 Å². The molecule has 0 radical (unpaired) electrons. The molecule has 1 fully saturated rings. The van der Waals surface area contributed by atoms with Crippen molar-refractivity contribution in [1.82, 2.24) is 15.2 Å². The molecule has 2 rings (SSSR count). The summed E-state index contributed by atoms with van der Waals surface area (Å²) in [6.45, 7) is 10.9. The van der Waals surface area contributed by atoms with Crippen LogP contribution in [0.2, 0.25) is 0 Å². The summed E-state index contributed by atoms with van der Waals surface area (Å²) in [4.78, 5) is 11.2. The lowest BCUT2D eigenvalue weighted by Gasteiger charge is -2.35. The topological polar surface area (TPSA) is 31.4 Å². The molecule has 1 aliphatic heterocycles. The summed E-state index contributed by atoms with van der Waals surface area (Å²) in [5.41, 5.74) is 1.28. The molecule has 120 valence electrons. The molecule has 0 aliphatic carbocycles. The summed E-state index contributed by atoms with van der Waals surface area (Å²) >= 11 is 1.88. The molecule has 0 spiro atoms. The molecule has 1 N–H and O–H groups in total. The van der Waals surface area contributed by atoms with Gasteiger partial charge in [0.1, 0.15) is 0 Å². The largest absolute Gasteiger partial charge is 0.348 e. The van der Waals surface area contributed by atoms with Crippen LogP contribution >= 0.6 is 11.3 Å². The molecule has 1 saturated heterocycles. The number of aromatic nitrogens is 1. The molecule has 4 nitrogen and oxygen atoms in total. The lowest BCUT2D eigenvalue weighted by Crippen LogP contribution is -2.41. The summed E-state index contributed by atoms with van der Waals surface area (Å²) in [5, 5.41) is 4.67. The van der Waals surface area contributed by atoms with Gasteiger partial charge in [-0.1, -0.05) is 20.8 Å². The second-order valence-corrected chi connectivity index (χ2v) is 7.48. The number of nitrogens with zero attached hydrogens (tertiary/aromatic N) is 3. The Hall–Kier alpha value is -0.650. The Morgan fingerprint density at radius 3 is 2.52 bits per heavy atom. The van der Waals surface area contributed by atoms with Crippen LogP contribution in [0.1, 0.15) is 50.1 Å². The molecule has 0 atom stereocenters. The predicted molar refractivity (Wildman–Crippen MR) is 92.5 cm³/mol. The van der Waals surface area contributed by atoms with Gasteiger partial charge >= 0.3 is 0 Å². The van der Waals surface area contributed by atoms with Crippen LogP contribution in [0.5, 0.6) is 0 Å². The summed E-state index contributed by atoms with van der Waals surface area (Å²) in [6.07, 6.45) is 2.48. The second-order valence-electron chi connectivity index (χ2n) is 6.42. The van der Waals surface area contributed by atoms with Gasteiger partial charge in [-0.3, -0.25) is 0 Å². The minimum atomic E-state index is 0.503. The molecule has 0 amide bonds. The average Bonchev–Trinajstić information content (AvgIpc) is 2.89. The number of hydrogen-bond acceptors (Lipinski definition) is 5. The van der Waals surface area contributed by atoms with E-state index in [1.165, 1.54) is 28.5 Å². The summed E-state index contributed by atoms with van der Waals surface area (Å²) in [6, 6.07) is 0.729. The van der Waals surface area contributed by atoms with Crippen molar-refractivity contribution < 1.29 is 0 Å². The molecule has 2 heterocycles. The molecule has 0 aromatic carbocycles. The molecule has 0 unspecified atom stereocenters. The molecule has 1 aromatic rings. The number of anilines is 1. The van der Waals surface area contributed by atoms with Crippen LogP contribution in [0.25, 0.3) is 0 Å². The Balaban J connectivity index is 2.06. The van der Waals surface area contributed by atoms with Crippen molar-refractivity contribution in [3.8, 4) is 0 Å². The quantitative estimate of drug-likeness (QED) is 0.875. The maximum Gasteiger partial charge on any atom is 0.185 e. The lowest BCUT2D eigenvalue weighted by molar-refractivity contribution is 0.249. The maximum atomic E-state index is 4.95. The standard InChI is InChI=1S/C16H30N4S/c1-6-17-11-14-15(12(2)3)18-16(21-14)20-9-7-13(8-10-20)19(4)5/h12-13,17H,6-11H2,1-5H3. The normalized spacial score (nSPS) is 17.2. The van der Waals surface area contributed by atoms with Gasteiger partial charge in [-0.05, 0) is 39.4 Å². The van der Waals surface area contributed by atoms with Gasteiger partial charge in [0.15, 0.2) is 5.13 Å². The first-order valence-electron chi connectivity index (χ1n) is 8.14. The van der Waals surface area contributed by atoms with Gasteiger partial charge in [-0.2, -0.15) is 0 Å². The second kappa shape index (κ2) is 7.56. The van der Waals surface area contributed by atoms with Crippen molar-refractivity contribution >= 4 is 16.5 Å². The summed E-state index contributed by atoms with van der Waals surface area (Å²) in [5.74, 6) is 0.503. The maximum absolute atomic E-state index is 4.95. The van der Waals surface area contributed by atoms with Crippen molar-refractivity contribution in [2.24, 2.45) is 0 Å². The molecular weight excluding hydrogens is 280 g/mol. The van der Waals surface area contributed by atoms with Gasteiger partial charge in [0.2, 0.25) is 0 Å². The number of piperidine rings is 1. The minimum Gasteiger partial charge on any atom is -0.348 e. The molecular formula is C16H30N4S. The average molecular weight is 311 g/mol. The fraction of sp³-hybridized carbons (Fsp3) is 0.812. The minimum absolute atomic E-state index is 0.503. The predicted octanol–water partition coefficient (Wildman–Crippen LogP) is 2.91. The fourth-order valence-corrected chi connectivity index (χ4v) is 4.11. The van der Waals surface area contributed by atoms with Crippen LogP contribution in [0.4, 0.5) is 5.13 Å². The first-order chi connectivity index (χ1) is 10.0. The van der Waals surface area contributed by atoms with Crippen molar-refractivity contribution in [2.45, 2.75) is 52.1 Å². The Morgan fingerprint density at radius 2 is 2.00 bits per heavy atom. The molecule has 5 heteroatoms. The van der Waals surface area contributed by atoms with Gasteiger partial charge in [0.05, 0.1) is 5.69 Å². The Morgan fingerprint density at radius 1 is 1.33 bits per heavy atom. The first-order valence-corrected chi connectivity index (χ1v) is 8.96. The van der Waals surface area contributed by atoms with Crippen LogP contribution in [-0.4, -0.2) is 49.7 Å². The Labute approximate surface area is 133 Å². The smallest absolute Gasteiger partial charge is 0.185 e. The number of rotatable bonds is 6. The van der Waals surface area contributed by atoms with E-state index in [0.29, 0.717) is 5.92 Å². The van der Waals surface area contributed by atoms with Gasteiger partial charge < -0.3 is 15.1 Å². The van der Waals surface area contributed by atoms with Gasteiger partial charge in [0, 0.05) is 30.6 Å². The zero-order valence-electron chi connectivity index (χ0n) is 14.1. The number of hydrogen-bond donors (Lipinski definition) is 1. The van der Waals surface area contributed by atoms with Crippen LogP contribution in [-0.2, 0) is 6.54 Å². The van der Waals surface area contributed by atoms with E-state index in [1.54, 1.807) is 0 Å². The fourth-order valence-electron chi connectivity index (χ4n) is 2.88. The van der Waals surface area contributed by atoms with Crippen molar-refractivity contribution in [2.75, 3.05) is 38.6 Å². The summed E-state index contributed by atoms with van der Waals surface area (Å²) in [7, 11) is 4.38. The van der Waals surface area contributed by atoms with E-state index in [-0.39, 0.29) is 0 Å². The van der Waals surface area contributed by atoms with Crippen molar-refractivity contribution in [3.05, 3.63) is 10.6 Å². The first kappa shape index (κ1) is 16.7. The van der Waals surface area contributed by atoms with Crippen LogP contribution in [0.3, 0.4) is 0 Å². The summed E-state index contributed by atoms with van der Waals surface area (Å²) < 4.78 is 0. The zero-order valence-corrected chi connectivity index (χ0v) is 15.0. The third-order valence-electron chi connectivity index (χ3n) is 4.26.